The van der Waals surface area contributed by atoms with E-state index >= 15 is 0 Å². The largest absolute Gasteiger partial charge is 0.325 e. The molecule has 0 bridgehead atoms. The van der Waals surface area contributed by atoms with Crippen LogP contribution in [-0.4, -0.2) is 45.4 Å². The Morgan fingerprint density at radius 2 is 1.89 bits per heavy atom. The van der Waals surface area contributed by atoms with E-state index in [1.54, 1.807) is 0 Å². The second-order valence-corrected chi connectivity index (χ2v) is 7.59. The van der Waals surface area contributed by atoms with Gasteiger partial charge in [0.15, 0.2) is 0 Å². The van der Waals surface area contributed by atoms with E-state index in [9.17, 15) is 14.0 Å². The minimum Gasteiger partial charge on any atom is -0.314 e. The standard InChI is InChI=1S/C20H27FN4O2/c1-14(2)18-13-24(12-16-10-22-20(27)23-19(16)26)8-3-9-25(18)11-15-4-6-17(21)7-5-15/h4-7,10,14,18H,3,8-9,11-13H2,1-2H3,(H2,22,23,26,27)/t18-/m0/s1. The van der Waals surface area contributed by atoms with Crippen molar-refractivity contribution in [2.24, 2.45) is 5.92 Å². The maximum absolute atomic E-state index is 13.2. The lowest BCUT2D eigenvalue weighted by Gasteiger charge is -2.34. The average Bonchev–Trinajstić information content (AvgIpc) is 2.82. The molecule has 0 aliphatic carbocycles. The first-order valence-corrected chi connectivity index (χ1v) is 9.44. The Hall–Kier alpha value is -2.25. The van der Waals surface area contributed by atoms with Gasteiger partial charge < -0.3 is 4.98 Å². The van der Waals surface area contributed by atoms with Crippen LogP contribution in [0.3, 0.4) is 0 Å². The Kier molecular flexibility index (Phi) is 6.23. The monoisotopic (exact) mass is 374 g/mol. The molecule has 6 nitrogen and oxygen atoms in total. The molecule has 1 aromatic carbocycles. The maximum Gasteiger partial charge on any atom is 0.325 e. The molecule has 146 valence electrons. The average molecular weight is 374 g/mol. The van der Waals surface area contributed by atoms with Crippen LogP contribution in [0, 0.1) is 11.7 Å². The van der Waals surface area contributed by atoms with Gasteiger partial charge >= 0.3 is 5.69 Å². The van der Waals surface area contributed by atoms with Crippen LogP contribution in [0.2, 0.25) is 0 Å². The molecule has 0 radical (unpaired) electrons. The van der Waals surface area contributed by atoms with Gasteiger partial charge in [0.05, 0.1) is 0 Å². The van der Waals surface area contributed by atoms with Crippen LogP contribution in [0.5, 0.6) is 0 Å². The van der Waals surface area contributed by atoms with Crippen molar-refractivity contribution in [3.8, 4) is 0 Å². The number of nitrogens with one attached hydrogen (secondary N) is 2. The van der Waals surface area contributed by atoms with E-state index in [0.717, 1.165) is 38.2 Å². The predicted molar refractivity (Wildman–Crippen MR) is 103 cm³/mol. The van der Waals surface area contributed by atoms with E-state index in [1.165, 1.54) is 18.3 Å². The second-order valence-electron chi connectivity index (χ2n) is 7.59. The molecule has 1 aliphatic rings. The summed E-state index contributed by atoms with van der Waals surface area (Å²) in [6.07, 6.45) is 2.50. The summed E-state index contributed by atoms with van der Waals surface area (Å²) in [4.78, 5) is 32.8. The van der Waals surface area contributed by atoms with Crippen molar-refractivity contribution in [2.75, 3.05) is 19.6 Å². The summed E-state index contributed by atoms with van der Waals surface area (Å²) in [7, 11) is 0. The highest BCUT2D eigenvalue weighted by Gasteiger charge is 2.27. The van der Waals surface area contributed by atoms with E-state index in [0.29, 0.717) is 24.1 Å². The lowest BCUT2D eigenvalue weighted by molar-refractivity contribution is 0.130. The molecule has 1 aliphatic heterocycles. The molecule has 2 aromatic rings. The molecule has 0 unspecified atom stereocenters. The van der Waals surface area contributed by atoms with Crippen LogP contribution in [-0.2, 0) is 13.1 Å². The molecule has 2 N–H and O–H groups in total. The van der Waals surface area contributed by atoms with Gasteiger partial charge in [0.1, 0.15) is 5.82 Å². The number of hydrogen-bond acceptors (Lipinski definition) is 4. The summed E-state index contributed by atoms with van der Waals surface area (Å²) < 4.78 is 13.2. The molecule has 1 atom stereocenters. The summed E-state index contributed by atoms with van der Waals surface area (Å²) in [5, 5.41) is 0. The number of nitrogens with zero attached hydrogens (tertiary/aromatic N) is 2. The van der Waals surface area contributed by atoms with Crippen LogP contribution in [0.1, 0.15) is 31.4 Å². The van der Waals surface area contributed by atoms with Crippen molar-refractivity contribution in [1.29, 1.82) is 0 Å². The van der Waals surface area contributed by atoms with Gasteiger partial charge in [-0.2, -0.15) is 0 Å². The van der Waals surface area contributed by atoms with E-state index in [-0.39, 0.29) is 11.4 Å². The summed E-state index contributed by atoms with van der Waals surface area (Å²) >= 11 is 0. The zero-order chi connectivity index (χ0) is 19.4. The Labute approximate surface area is 158 Å². The Morgan fingerprint density at radius 1 is 1.15 bits per heavy atom. The third-order valence-electron chi connectivity index (χ3n) is 5.19. The van der Waals surface area contributed by atoms with Gasteiger partial charge in [-0.25, -0.2) is 9.18 Å². The number of H-pyrrole nitrogens is 2. The van der Waals surface area contributed by atoms with Crippen molar-refractivity contribution in [1.82, 2.24) is 19.8 Å². The fourth-order valence-corrected chi connectivity index (χ4v) is 3.73. The fraction of sp³-hybridized carbons (Fsp3) is 0.500. The van der Waals surface area contributed by atoms with Gasteiger partial charge in [0.2, 0.25) is 0 Å². The Morgan fingerprint density at radius 3 is 2.56 bits per heavy atom. The molecule has 7 heteroatoms. The molecule has 1 saturated heterocycles. The van der Waals surface area contributed by atoms with E-state index in [2.05, 4.69) is 33.6 Å². The van der Waals surface area contributed by atoms with Crippen molar-refractivity contribution >= 4 is 0 Å². The molecule has 2 heterocycles. The highest BCUT2D eigenvalue weighted by atomic mass is 19.1. The second kappa shape index (κ2) is 8.63. The van der Waals surface area contributed by atoms with Crippen molar-refractivity contribution < 1.29 is 4.39 Å². The van der Waals surface area contributed by atoms with Gasteiger partial charge in [0.25, 0.3) is 5.56 Å². The van der Waals surface area contributed by atoms with Gasteiger partial charge in [-0.05, 0) is 36.6 Å². The smallest absolute Gasteiger partial charge is 0.314 e. The van der Waals surface area contributed by atoms with Crippen LogP contribution in [0.15, 0.2) is 40.1 Å². The quantitative estimate of drug-likeness (QED) is 0.839. The molecule has 1 aromatic heterocycles. The van der Waals surface area contributed by atoms with Crippen LogP contribution < -0.4 is 11.2 Å². The third kappa shape index (κ3) is 5.14. The molecule has 0 saturated carbocycles. The van der Waals surface area contributed by atoms with Crippen LogP contribution in [0.4, 0.5) is 4.39 Å². The molecule has 0 amide bonds. The first kappa shape index (κ1) is 19.5. The summed E-state index contributed by atoms with van der Waals surface area (Å²) in [5.74, 6) is 0.229. The Balaban J connectivity index is 1.73. The highest BCUT2D eigenvalue weighted by Crippen LogP contribution is 2.21. The number of halogens is 1. The number of hydrogen-bond donors (Lipinski definition) is 2. The van der Waals surface area contributed by atoms with Gasteiger partial charge in [-0.3, -0.25) is 19.6 Å². The van der Waals surface area contributed by atoms with Gasteiger partial charge in [-0.15, -0.1) is 0 Å². The SMILES string of the molecule is CC(C)[C@@H]1CN(Cc2c[nH]c(=O)[nH]c2=O)CCCN1Cc1ccc(F)cc1. The summed E-state index contributed by atoms with van der Waals surface area (Å²) in [6, 6.07) is 7.03. The van der Waals surface area contributed by atoms with Gasteiger partial charge in [-0.1, -0.05) is 26.0 Å². The zero-order valence-electron chi connectivity index (χ0n) is 15.9. The topological polar surface area (TPSA) is 72.2 Å². The van der Waals surface area contributed by atoms with Gasteiger partial charge in [0, 0.05) is 44.0 Å². The Bertz CT molecular complexity index is 859. The first-order valence-electron chi connectivity index (χ1n) is 9.44. The normalized spacial score (nSPS) is 19.3. The minimum atomic E-state index is -0.481. The van der Waals surface area contributed by atoms with Crippen molar-refractivity contribution in [2.45, 2.75) is 39.4 Å². The number of aromatic amines is 2. The molecular weight excluding hydrogens is 347 g/mol. The van der Waals surface area contributed by atoms with Crippen LogP contribution >= 0.6 is 0 Å². The first-order chi connectivity index (χ1) is 12.9. The van der Waals surface area contributed by atoms with Crippen molar-refractivity contribution in [3.63, 3.8) is 0 Å². The number of benzene rings is 1. The lowest BCUT2D eigenvalue weighted by atomic mass is 10.0. The fourth-order valence-electron chi connectivity index (χ4n) is 3.73. The maximum atomic E-state index is 13.2. The molecule has 3 rings (SSSR count). The minimum absolute atomic E-state index is 0.215. The van der Waals surface area contributed by atoms with E-state index in [1.807, 2.05) is 12.1 Å². The third-order valence-corrected chi connectivity index (χ3v) is 5.19. The summed E-state index contributed by atoms with van der Waals surface area (Å²) in [5.41, 5.74) is 0.870. The van der Waals surface area contributed by atoms with Crippen LogP contribution in [0.25, 0.3) is 0 Å². The number of aromatic nitrogens is 2. The summed E-state index contributed by atoms with van der Waals surface area (Å²) in [6.45, 7) is 8.41. The molecule has 1 fully saturated rings. The zero-order valence-corrected chi connectivity index (χ0v) is 15.9. The van der Waals surface area contributed by atoms with E-state index < -0.39 is 5.69 Å². The highest BCUT2D eigenvalue weighted by molar-refractivity contribution is 5.16. The molecular formula is C20H27FN4O2. The van der Waals surface area contributed by atoms with E-state index in [4.69, 9.17) is 0 Å². The molecule has 27 heavy (non-hydrogen) atoms. The number of rotatable bonds is 5. The molecule has 0 spiro atoms. The van der Waals surface area contributed by atoms with Crippen molar-refractivity contribution in [3.05, 3.63) is 68.2 Å². The lowest BCUT2D eigenvalue weighted by Crippen LogP contribution is -2.44. The predicted octanol–water partition coefficient (Wildman–Crippen LogP) is 1.93.